The van der Waals surface area contributed by atoms with E-state index in [0.29, 0.717) is 0 Å². The molecule has 0 fully saturated rings. The molecule has 1 rings (SSSR count). The van der Waals surface area contributed by atoms with E-state index >= 15 is 0 Å². The van der Waals surface area contributed by atoms with Crippen molar-refractivity contribution in [2.24, 2.45) is 0 Å². The molecule has 14 heavy (non-hydrogen) atoms. The molecule has 0 heterocycles. The average Bonchev–Trinajstić information content (AvgIpc) is 2.04. The van der Waals surface area contributed by atoms with Crippen molar-refractivity contribution >= 4 is 21.6 Å². The predicted molar refractivity (Wildman–Crippen MR) is 46.9 cm³/mol. The molecule has 7 heteroatoms. The van der Waals surface area contributed by atoms with Crippen LogP contribution < -0.4 is 10.5 Å². The van der Waals surface area contributed by atoms with Gasteiger partial charge in [0.25, 0.3) is 0 Å². The first-order chi connectivity index (χ1) is 6.31. The number of hydrogen-bond acceptors (Lipinski definition) is 3. The Hall–Kier alpha value is -1.11. The van der Waals surface area contributed by atoms with Crippen molar-refractivity contribution in [1.82, 2.24) is 0 Å². The number of phenolic OH excluding ortho intramolecular Hbond substituents is 1. The lowest BCUT2D eigenvalue weighted by Gasteiger charge is -2.12. The number of hydrogen-bond donors (Lipinski definition) is 2. The summed E-state index contributed by atoms with van der Waals surface area (Å²) in [4.78, 5) is 0. The Kier molecular flexibility index (Phi) is 2.79. The monoisotopic (exact) mass is 271 g/mol. The summed E-state index contributed by atoms with van der Waals surface area (Å²) >= 11 is 2.83. The second-order valence-corrected chi connectivity index (χ2v) is 3.22. The Morgan fingerprint density at radius 3 is 2.43 bits per heavy atom. The van der Waals surface area contributed by atoms with Crippen LogP contribution in [0.2, 0.25) is 0 Å². The number of aromatic hydroxyl groups is 1. The lowest BCUT2D eigenvalue weighted by molar-refractivity contribution is -0.274. The quantitative estimate of drug-likeness (QED) is 0.772. The molecule has 0 unspecified atom stereocenters. The summed E-state index contributed by atoms with van der Waals surface area (Å²) in [5.74, 6) is -1.48. The first-order valence-corrected chi connectivity index (χ1v) is 4.13. The molecule has 0 bridgehead atoms. The minimum Gasteiger partial charge on any atom is -0.503 e. The second-order valence-electron chi connectivity index (χ2n) is 2.36. The number of benzene rings is 1. The van der Waals surface area contributed by atoms with E-state index in [1.54, 1.807) is 0 Å². The van der Waals surface area contributed by atoms with Gasteiger partial charge in [0.1, 0.15) is 0 Å². The number of nitrogen functional groups attached to an aromatic ring is 1. The fourth-order valence-corrected chi connectivity index (χ4v) is 1.10. The third-order valence-corrected chi connectivity index (χ3v) is 1.97. The van der Waals surface area contributed by atoms with Gasteiger partial charge >= 0.3 is 6.36 Å². The lowest BCUT2D eigenvalue weighted by Crippen LogP contribution is -2.18. The summed E-state index contributed by atoms with van der Waals surface area (Å²) in [5.41, 5.74) is 4.90. The highest BCUT2D eigenvalue weighted by molar-refractivity contribution is 9.10. The Balaban J connectivity index is 3.13. The van der Waals surface area contributed by atoms with Crippen LogP contribution in [0.25, 0.3) is 0 Å². The molecule has 0 aliphatic rings. The van der Waals surface area contributed by atoms with Crippen LogP contribution in [0.5, 0.6) is 11.5 Å². The van der Waals surface area contributed by atoms with E-state index in [-0.39, 0.29) is 10.2 Å². The molecular formula is C7H5BrF3NO2. The zero-order chi connectivity index (χ0) is 10.9. The number of phenols is 1. The van der Waals surface area contributed by atoms with E-state index in [4.69, 9.17) is 5.73 Å². The van der Waals surface area contributed by atoms with Gasteiger partial charge in [0.05, 0.1) is 10.2 Å². The van der Waals surface area contributed by atoms with Gasteiger partial charge in [-0.25, -0.2) is 0 Å². The van der Waals surface area contributed by atoms with Crippen LogP contribution in [0.4, 0.5) is 18.9 Å². The first-order valence-electron chi connectivity index (χ1n) is 3.34. The molecule has 0 saturated heterocycles. The molecule has 0 radical (unpaired) electrons. The fourth-order valence-electron chi connectivity index (χ4n) is 0.786. The largest absolute Gasteiger partial charge is 0.573 e. The second kappa shape index (κ2) is 3.56. The summed E-state index contributed by atoms with van der Waals surface area (Å²) in [6.07, 6.45) is -4.88. The third-order valence-electron chi connectivity index (χ3n) is 1.33. The molecule has 0 atom stereocenters. The van der Waals surface area contributed by atoms with Crippen molar-refractivity contribution < 1.29 is 23.0 Å². The molecule has 0 aliphatic carbocycles. The average molecular weight is 272 g/mol. The Morgan fingerprint density at radius 2 is 1.93 bits per heavy atom. The van der Waals surface area contributed by atoms with E-state index in [1.807, 2.05) is 0 Å². The fraction of sp³-hybridized carbons (Fsp3) is 0.143. The number of alkyl halides is 3. The SMILES string of the molecule is Nc1ccc(Br)c(O)c1OC(F)(F)F. The van der Waals surface area contributed by atoms with Crippen molar-refractivity contribution in [3.05, 3.63) is 16.6 Å². The minimum absolute atomic E-state index is 0.0750. The standard InChI is InChI=1S/C7H5BrF3NO2/c8-3-1-2-4(12)6(5(3)13)14-7(9,10)11/h1-2,13H,12H2. The molecule has 1 aromatic rings. The van der Waals surface area contributed by atoms with Crippen LogP contribution in [0.15, 0.2) is 16.6 Å². The minimum atomic E-state index is -4.88. The Labute approximate surface area is 85.4 Å². The summed E-state index contributed by atoms with van der Waals surface area (Å²) in [6.45, 7) is 0. The summed E-state index contributed by atoms with van der Waals surface area (Å²) in [5, 5.41) is 9.19. The van der Waals surface area contributed by atoms with Crippen molar-refractivity contribution in [1.29, 1.82) is 0 Å². The van der Waals surface area contributed by atoms with Gasteiger partial charge < -0.3 is 15.6 Å². The van der Waals surface area contributed by atoms with Gasteiger partial charge in [-0.3, -0.25) is 0 Å². The Bertz CT molecular complexity index is 354. The van der Waals surface area contributed by atoms with Gasteiger partial charge in [-0.1, -0.05) is 0 Å². The molecule has 0 saturated carbocycles. The van der Waals surface area contributed by atoms with E-state index in [0.717, 1.165) is 0 Å². The normalized spacial score (nSPS) is 11.4. The molecule has 78 valence electrons. The third kappa shape index (κ3) is 2.44. The maximum absolute atomic E-state index is 11.8. The van der Waals surface area contributed by atoms with Gasteiger partial charge in [0.15, 0.2) is 11.5 Å². The van der Waals surface area contributed by atoms with Crippen LogP contribution in [0.3, 0.4) is 0 Å². The zero-order valence-corrected chi connectivity index (χ0v) is 8.19. The number of anilines is 1. The summed E-state index contributed by atoms with van der Waals surface area (Å²) in [6, 6.07) is 2.50. The first kappa shape index (κ1) is 11.0. The highest BCUT2D eigenvalue weighted by atomic mass is 79.9. The van der Waals surface area contributed by atoms with Crippen LogP contribution in [0.1, 0.15) is 0 Å². The highest BCUT2D eigenvalue weighted by Gasteiger charge is 2.33. The predicted octanol–water partition coefficient (Wildman–Crippen LogP) is 2.64. The van der Waals surface area contributed by atoms with Crippen LogP contribution >= 0.6 is 15.9 Å². The smallest absolute Gasteiger partial charge is 0.503 e. The number of nitrogens with two attached hydrogens (primary N) is 1. The zero-order valence-electron chi connectivity index (χ0n) is 6.60. The molecular weight excluding hydrogens is 267 g/mol. The van der Waals surface area contributed by atoms with Crippen molar-refractivity contribution in [2.45, 2.75) is 6.36 Å². The maximum Gasteiger partial charge on any atom is 0.573 e. The molecule has 3 N–H and O–H groups in total. The highest BCUT2D eigenvalue weighted by Crippen LogP contribution is 2.41. The van der Waals surface area contributed by atoms with Gasteiger partial charge in [-0.15, -0.1) is 13.2 Å². The molecule has 0 aromatic heterocycles. The number of rotatable bonds is 1. The molecule has 0 aliphatic heterocycles. The van der Waals surface area contributed by atoms with E-state index in [2.05, 4.69) is 20.7 Å². The molecule has 0 spiro atoms. The van der Waals surface area contributed by atoms with Crippen LogP contribution in [-0.2, 0) is 0 Å². The molecule has 3 nitrogen and oxygen atoms in total. The summed E-state index contributed by atoms with van der Waals surface area (Å²) < 4.78 is 39.1. The van der Waals surface area contributed by atoms with Crippen molar-refractivity contribution in [3.8, 4) is 11.5 Å². The van der Waals surface area contributed by atoms with Gasteiger partial charge in [0.2, 0.25) is 0 Å². The van der Waals surface area contributed by atoms with Gasteiger partial charge in [-0.05, 0) is 28.1 Å². The van der Waals surface area contributed by atoms with Gasteiger partial charge in [0, 0.05) is 0 Å². The van der Waals surface area contributed by atoms with E-state index < -0.39 is 17.9 Å². The van der Waals surface area contributed by atoms with Gasteiger partial charge in [-0.2, -0.15) is 0 Å². The number of ether oxygens (including phenoxy) is 1. The maximum atomic E-state index is 11.8. The van der Waals surface area contributed by atoms with Crippen LogP contribution in [-0.4, -0.2) is 11.5 Å². The topological polar surface area (TPSA) is 55.5 Å². The van der Waals surface area contributed by atoms with E-state index in [1.165, 1.54) is 12.1 Å². The van der Waals surface area contributed by atoms with Crippen molar-refractivity contribution in [2.75, 3.05) is 5.73 Å². The summed E-state index contributed by atoms with van der Waals surface area (Å²) in [7, 11) is 0. The Morgan fingerprint density at radius 1 is 1.36 bits per heavy atom. The number of halogens is 4. The molecule has 0 amide bonds. The van der Waals surface area contributed by atoms with E-state index in [9.17, 15) is 18.3 Å². The lowest BCUT2D eigenvalue weighted by atomic mass is 10.3. The molecule has 1 aromatic carbocycles. The van der Waals surface area contributed by atoms with Crippen molar-refractivity contribution in [3.63, 3.8) is 0 Å². The van der Waals surface area contributed by atoms with Crippen LogP contribution in [0, 0.1) is 0 Å².